The molecule has 1 unspecified atom stereocenters. The molecule has 2 rings (SSSR count). The smallest absolute Gasteiger partial charge is 0.106 e. The van der Waals surface area contributed by atoms with E-state index in [-0.39, 0.29) is 6.04 Å². The molecule has 0 aliphatic rings. The van der Waals surface area contributed by atoms with E-state index < -0.39 is 0 Å². The van der Waals surface area contributed by atoms with Crippen LogP contribution in [0.1, 0.15) is 30.2 Å². The van der Waals surface area contributed by atoms with Gasteiger partial charge in [-0.05, 0) is 33.0 Å². The molecule has 1 N–H and O–H groups in total. The van der Waals surface area contributed by atoms with Gasteiger partial charge in [0.1, 0.15) is 5.82 Å². The van der Waals surface area contributed by atoms with Crippen molar-refractivity contribution in [2.75, 3.05) is 7.05 Å². The van der Waals surface area contributed by atoms with Gasteiger partial charge in [-0.25, -0.2) is 4.98 Å². The zero-order chi connectivity index (χ0) is 12.3. The summed E-state index contributed by atoms with van der Waals surface area (Å²) in [5.74, 6) is 1.02. The summed E-state index contributed by atoms with van der Waals surface area (Å²) in [5.41, 5.74) is 2.12. The topological polar surface area (TPSA) is 42.7 Å². The molecular weight excluding hydrogens is 212 g/mol. The summed E-state index contributed by atoms with van der Waals surface area (Å²) in [6.07, 6.45) is 3.91. The minimum atomic E-state index is 0.277. The molecule has 2 aromatic heterocycles. The van der Waals surface area contributed by atoms with Crippen molar-refractivity contribution < 1.29 is 0 Å². The molecule has 0 saturated carbocycles. The molecule has 2 heterocycles. The van der Waals surface area contributed by atoms with Crippen LogP contribution >= 0.6 is 0 Å². The number of imidazole rings is 1. The number of hydrogen-bond acceptors (Lipinski definition) is 3. The van der Waals surface area contributed by atoms with Gasteiger partial charge < -0.3 is 9.88 Å². The lowest BCUT2D eigenvalue weighted by atomic mass is 10.2. The molecule has 0 radical (unpaired) electrons. The summed E-state index contributed by atoms with van der Waals surface area (Å²) in [7, 11) is 1.94. The van der Waals surface area contributed by atoms with Crippen molar-refractivity contribution in [3.63, 3.8) is 0 Å². The molecule has 4 nitrogen and oxygen atoms in total. The Labute approximate surface area is 102 Å². The Bertz CT molecular complexity index is 475. The van der Waals surface area contributed by atoms with Crippen molar-refractivity contribution in [1.82, 2.24) is 19.9 Å². The van der Waals surface area contributed by atoms with Gasteiger partial charge in [0.25, 0.3) is 0 Å². The normalized spacial score (nSPS) is 12.6. The van der Waals surface area contributed by atoms with Gasteiger partial charge in [0.2, 0.25) is 0 Å². The van der Waals surface area contributed by atoms with Crippen LogP contribution in [0.5, 0.6) is 0 Å². The van der Waals surface area contributed by atoms with Crippen LogP contribution in [0.15, 0.2) is 30.6 Å². The third-order valence-corrected chi connectivity index (χ3v) is 2.93. The molecule has 90 valence electrons. The van der Waals surface area contributed by atoms with Crippen LogP contribution in [-0.2, 0) is 6.54 Å². The number of hydrogen-bond donors (Lipinski definition) is 1. The predicted octanol–water partition coefficient (Wildman–Crippen LogP) is 1.92. The Morgan fingerprint density at radius 3 is 2.88 bits per heavy atom. The van der Waals surface area contributed by atoms with Gasteiger partial charge in [-0.15, -0.1) is 0 Å². The van der Waals surface area contributed by atoms with Crippen molar-refractivity contribution in [3.05, 3.63) is 47.8 Å². The monoisotopic (exact) mass is 230 g/mol. The molecule has 4 heteroatoms. The number of aromatic nitrogens is 3. The van der Waals surface area contributed by atoms with E-state index >= 15 is 0 Å². The third kappa shape index (κ3) is 2.71. The second kappa shape index (κ2) is 5.10. The van der Waals surface area contributed by atoms with Crippen LogP contribution in [0.25, 0.3) is 0 Å². The molecule has 0 aliphatic carbocycles. The minimum absolute atomic E-state index is 0.277. The van der Waals surface area contributed by atoms with Crippen LogP contribution in [-0.4, -0.2) is 21.6 Å². The largest absolute Gasteiger partial charge is 0.329 e. The van der Waals surface area contributed by atoms with E-state index in [1.807, 2.05) is 38.4 Å². The quantitative estimate of drug-likeness (QED) is 0.872. The first-order valence-electron chi connectivity index (χ1n) is 5.81. The van der Waals surface area contributed by atoms with Crippen molar-refractivity contribution in [2.45, 2.75) is 26.4 Å². The Hall–Kier alpha value is -1.68. The predicted molar refractivity (Wildman–Crippen MR) is 67.8 cm³/mol. The summed E-state index contributed by atoms with van der Waals surface area (Å²) >= 11 is 0. The summed E-state index contributed by atoms with van der Waals surface area (Å²) in [4.78, 5) is 8.88. The van der Waals surface area contributed by atoms with E-state index in [2.05, 4.69) is 33.0 Å². The van der Waals surface area contributed by atoms with Gasteiger partial charge in [-0.3, -0.25) is 4.98 Å². The number of pyridine rings is 1. The maximum absolute atomic E-state index is 4.55. The SMILES string of the molecule is CNC(C)c1cn(Cc2ccccn2)c(C)n1. The Morgan fingerprint density at radius 1 is 1.41 bits per heavy atom. The molecule has 0 bridgehead atoms. The van der Waals surface area contributed by atoms with Gasteiger partial charge in [-0.2, -0.15) is 0 Å². The van der Waals surface area contributed by atoms with E-state index in [4.69, 9.17) is 0 Å². The van der Waals surface area contributed by atoms with Gasteiger partial charge >= 0.3 is 0 Å². The molecule has 1 atom stereocenters. The van der Waals surface area contributed by atoms with Crippen molar-refractivity contribution in [1.29, 1.82) is 0 Å². The molecular formula is C13H18N4. The van der Waals surface area contributed by atoms with E-state index in [9.17, 15) is 0 Å². The van der Waals surface area contributed by atoms with E-state index in [0.29, 0.717) is 0 Å². The standard InChI is InChI=1S/C13H18N4/c1-10(14-3)13-9-17(11(2)16-13)8-12-6-4-5-7-15-12/h4-7,9-10,14H,8H2,1-3H3. The Kier molecular flexibility index (Phi) is 3.54. The average molecular weight is 230 g/mol. The molecule has 0 amide bonds. The summed E-state index contributed by atoms with van der Waals surface area (Å²) < 4.78 is 2.13. The highest BCUT2D eigenvalue weighted by molar-refractivity contribution is 5.11. The lowest BCUT2D eigenvalue weighted by Gasteiger charge is -2.05. The maximum Gasteiger partial charge on any atom is 0.106 e. The average Bonchev–Trinajstić information content (AvgIpc) is 2.71. The zero-order valence-corrected chi connectivity index (χ0v) is 10.5. The molecule has 0 spiro atoms. The highest BCUT2D eigenvalue weighted by Crippen LogP contribution is 2.12. The highest BCUT2D eigenvalue weighted by Gasteiger charge is 2.09. The molecule has 0 aliphatic heterocycles. The first-order chi connectivity index (χ1) is 8.20. The third-order valence-electron chi connectivity index (χ3n) is 2.93. The van der Waals surface area contributed by atoms with Crippen LogP contribution in [0.4, 0.5) is 0 Å². The van der Waals surface area contributed by atoms with Crippen molar-refractivity contribution >= 4 is 0 Å². The summed E-state index contributed by atoms with van der Waals surface area (Å²) in [6.45, 7) is 4.90. The molecule has 0 saturated heterocycles. The molecule has 2 aromatic rings. The minimum Gasteiger partial charge on any atom is -0.329 e. The fraction of sp³-hybridized carbons (Fsp3) is 0.385. The van der Waals surface area contributed by atoms with Crippen LogP contribution in [0.2, 0.25) is 0 Å². The van der Waals surface area contributed by atoms with Gasteiger partial charge in [0.15, 0.2) is 0 Å². The van der Waals surface area contributed by atoms with Crippen LogP contribution in [0, 0.1) is 6.92 Å². The van der Waals surface area contributed by atoms with E-state index in [1.165, 1.54) is 0 Å². The molecule has 0 aromatic carbocycles. The Balaban J connectivity index is 2.19. The second-order valence-corrected chi connectivity index (χ2v) is 4.17. The summed E-state index contributed by atoms with van der Waals surface area (Å²) in [5, 5.41) is 3.19. The summed E-state index contributed by atoms with van der Waals surface area (Å²) in [6, 6.07) is 6.24. The van der Waals surface area contributed by atoms with E-state index in [1.54, 1.807) is 0 Å². The highest BCUT2D eigenvalue weighted by atomic mass is 15.1. The fourth-order valence-electron chi connectivity index (χ4n) is 1.72. The fourth-order valence-corrected chi connectivity index (χ4v) is 1.72. The number of nitrogens with one attached hydrogen (secondary N) is 1. The number of rotatable bonds is 4. The van der Waals surface area contributed by atoms with Gasteiger partial charge in [0, 0.05) is 18.4 Å². The van der Waals surface area contributed by atoms with Crippen molar-refractivity contribution in [3.8, 4) is 0 Å². The zero-order valence-electron chi connectivity index (χ0n) is 10.5. The van der Waals surface area contributed by atoms with Crippen molar-refractivity contribution in [2.24, 2.45) is 0 Å². The molecule has 17 heavy (non-hydrogen) atoms. The van der Waals surface area contributed by atoms with Gasteiger partial charge in [0.05, 0.1) is 17.9 Å². The number of aryl methyl sites for hydroxylation is 1. The van der Waals surface area contributed by atoms with Crippen LogP contribution < -0.4 is 5.32 Å². The van der Waals surface area contributed by atoms with Gasteiger partial charge in [-0.1, -0.05) is 6.07 Å². The lowest BCUT2D eigenvalue weighted by molar-refractivity contribution is 0.634. The molecule has 0 fully saturated rings. The maximum atomic E-state index is 4.55. The second-order valence-electron chi connectivity index (χ2n) is 4.17. The first-order valence-corrected chi connectivity index (χ1v) is 5.81. The number of nitrogens with zero attached hydrogens (tertiary/aromatic N) is 3. The Morgan fingerprint density at radius 2 is 2.24 bits per heavy atom. The lowest BCUT2D eigenvalue weighted by Crippen LogP contribution is -2.12. The first kappa shape index (κ1) is 11.8. The van der Waals surface area contributed by atoms with Crippen LogP contribution in [0.3, 0.4) is 0 Å². The van der Waals surface area contributed by atoms with E-state index in [0.717, 1.165) is 23.8 Å².